The monoisotopic (exact) mass is 341 g/mol. The van der Waals surface area contributed by atoms with Crippen molar-refractivity contribution in [1.29, 1.82) is 0 Å². The number of hydrogen-bond acceptors (Lipinski definition) is 4. The van der Waals surface area contributed by atoms with Crippen LogP contribution in [0.5, 0.6) is 17.2 Å². The molecule has 3 rings (SSSR count). The van der Waals surface area contributed by atoms with Crippen LogP contribution in [0.2, 0.25) is 0 Å². The Balaban J connectivity index is 1.73. The second-order valence-corrected chi connectivity index (χ2v) is 6.04. The van der Waals surface area contributed by atoms with Crippen LogP contribution in [0.1, 0.15) is 35.3 Å². The third kappa shape index (κ3) is 3.87. The molecule has 0 spiro atoms. The summed E-state index contributed by atoms with van der Waals surface area (Å²) < 4.78 is 16.7. The summed E-state index contributed by atoms with van der Waals surface area (Å²) in [6.07, 6.45) is 1.06. The average molecular weight is 341 g/mol. The number of benzene rings is 2. The van der Waals surface area contributed by atoms with Crippen molar-refractivity contribution >= 4 is 5.91 Å². The van der Waals surface area contributed by atoms with Crippen LogP contribution in [0, 0.1) is 0 Å². The van der Waals surface area contributed by atoms with E-state index in [2.05, 4.69) is 5.32 Å². The number of ether oxygens (including phenoxy) is 3. The molecule has 1 N–H and O–H groups in total. The molecule has 0 fully saturated rings. The SMILES string of the molecule is CCOc1cc2c(cc1CNC(=O)c1ccc(OC)cc1)OC(C)C2. The summed E-state index contributed by atoms with van der Waals surface area (Å²) >= 11 is 0. The van der Waals surface area contributed by atoms with Gasteiger partial charge in [0.1, 0.15) is 23.4 Å². The van der Waals surface area contributed by atoms with E-state index in [-0.39, 0.29) is 12.0 Å². The lowest BCUT2D eigenvalue weighted by atomic mass is 10.1. The Morgan fingerprint density at radius 2 is 2.04 bits per heavy atom. The number of carbonyl (C=O) groups is 1. The van der Waals surface area contributed by atoms with Crippen molar-refractivity contribution in [3.63, 3.8) is 0 Å². The summed E-state index contributed by atoms with van der Waals surface area (Å²) in [6, 6.07) is 11.0. The third-order valence-electron chi connectivity index (χ3n) is 4.17. The molecule has 1 aliphatic rings. The summed E-state index contributed by atoms with van der Waals surface area (Å²) in [5.74, 6) is 2.26. The van der Waals surface area contributed by atoms with Crippen LogP contribution in [0.4, 0.5) is 0 Å². The number of methoxy groups -OCH3 is 1. The van der Waals surface area contributed by atoms with Gasteiger partial charge in [0.05, 0.1) is 13.7 Å². The number of fused-ring (bicyclic) bond motifs is 1. The minimum absolute atomic E-state index is 0.139. The zero-order valence-electron chi connectivity index (χ0n) is 14.8. The van der Waals surface area contributed by atoms with E-state index >= 15 is 0 Å². The summed E-state index contributed by atoms with van der Waals surface area (Å²) in [7, 11) is 1.60. The molecule has 2 aromatic rings. The van der Waals surface area contributed by atoms with Gasteiger partial charge in [-0.1, -0.05) is 0 Å². The molecule has 0 radical (unpaired) electrons. The van der Waals surface area contributed by atoms with Crippen LogP contribution in [0.25, 0.3) is 0 Å². The van der Waals surface area contributed by atoms with E-state index in [1.54, 1.807) is 31.4 Å². The molecule has 1 heterocycles. The topological polar surface area (TPSA) is 56.8 Å². The first-order valence-corrected chi connectivity index (χ1v) is 8.48. The molecular formula is C20H23NO4. The maximum Gasteiger partial charge on any atom is 0.251 e. The van der Waals surface area contributed by atoms with Crippen LogP contribution in [-0.4, -0.2) is 25.7 Å². The van der Waals surface area contributed by atoms with Gasteiger partial charge in [-0.2, -0.15) is 0 Å². The highest BCUT2D eigenvalue weighted by molar-refractivity contribution is 5.94. The summed E-state index contributed by atoms with van der Waals surface area (Å²) in [5, 5.41) is 2.94. The second-order valence-electron chi connectivity index (χ2n) is 6.04. The number of hydrogen-bond donors (Lipinski definition) is 1. The fourth-order valence-corrected chi connectivity index (χ4v) is 2.93. The van der Waals surface area contributed by atoms with Crippen molar-refractivity contribution in [2.24, 2.45) is 0 Å². The van der Waals surface area contributed by atoms with E-state index in [0.717, 1.165) is 34.8 Å². The Kier molecular flexibility index (Phi) is 5.12. The number of amides is 1. The number of carbonyl (C=O) groups excluding carboxylic acids is 1. The molecule has 5 nitrogen and oxygen atoms in total. The molecule has 1 atom stereocenters. The second kappa shape index (κ2) is 7.47. The molecule has 132 valence electrons. The third-order valence-corrected chi connectivity index (χ3v) is 4.17. The molecule has 1 unspecified atom stereocenters. The van der Waals surface area contributed by atoms with Gasteiger partial charge >= 0.3 is 0 Å². The molecule has 5 heteroatoms. The van der Waals surface area contributed by atoms with E-state index < -0.39 is 0 Å². The first kappa shape index (κ1) is 17.1. The summed E-state index contributed by atoms with van der Waals surface area (Å²) in [6.45, 7) is 4.96. The maximum absolute atomic E-state index is 12.3. The van der Waals surface area contributed by atoms with Gasteiger partial charge in [-0.05, 0) is 50.2 Å². The van der Waals surface area contributed by atoms with E-state index in [9.17, 15) is 4.79 Å². The molecule has 0 bridgehead atoms. The maximum atomic E-state index is 12.3. The Morgan fingerprint density at radius 3 is 2.72 bits per heavy atom. The Labute approximate surface area is 147 Å². The van der Waals surface area contributed by atoms with E-state index in [1.807, 2.05) is 26.0 Å². The lowest BCUT2D eigenvalue weighted by Gasteiger charge is -2.13. The molecule has 1 aliphatic heterocycles. The minimum Gasteiger partial charge on any atom is -0.497 e. The molecule has 1 amide bonds. The molecule has 0 saturated heterocycles. The highest BCUT2D eigenvalue weighted by atomic mass is 16.5. The normalized spacial score (nSPS) is 15.2. The number of nitrogens with one attached hydrogen (secondary N) is 1. The van der Waals surface area contributed by atoms with Crippen LogP contribution in [-0.2, 0) is 13.0 Å². The highest BCUT2D eigenvalue weighted by Gasteiger charge is 2.22. The number of rotatable bonds is 6. The largest absolute Gasteiger partial charge is 0.497 e. The van der Waals surface area contributed by atoms with Gasteiger partial charge in [-0.15, -0.1) is 0 Å². The molecular weight excluding hydrogens is 318 g/mol. The molecule has 2 aromatic carbocycles. The quantitative estimate of drug-likeness (QED) is 0.875. The lowest BCUT2D eigenvalue weighted by molar-refractivity contribution is 0.0950. The van der Waals surface area contributed by atoms with Crippen molar-refractivity contribution < 1.29 is 19.0 Å². The fourth-order valence-electron chi connectivity index (χ4n) is 2.93. The van der Waals surface area contributed by atoms with Crippen LogP contribution in [0.3, 0.4) is 0 Å². The molecule has 0 aromatic heterocycles. The lowest BCUT2D eigenvalue weighted by Crippen LogP contribution is -2.23. The van der Waals surface area contributed by atoms with Gasteiger partial charge in [0.25, 0.3) is 5.91 Å². The van der Waals surface area contributed by atoms with Gasteiger partial charge in [-0.3, -0.25) is 4.79 Å². The predicted molar refractivity (Wildman–Crippen MR) is 95.6 cm³/mol. The van der Waals surface area contributed by atoms with Crippen molar-refractivity contribution in [2.75, 3.05) is 13.7 Å². The summed E-state index contributed by atoms with van der Waals surface area (Å²) in [4.78, 5) is 12.3. The Morgan fingerprint density at radius 1 is 1.28 bits per heavy atom. The molecule has 0 saturated carbocycles. The highest BCUT2D eigenvalue weighted by Crippen LogP contribution is 2.35. The van der Waals surface area contributed by atoms with Gasteiger partial charge < -0.3 is 19.5 Å². The van der Waals surface area contributed by atoms with E-state index in [4.69, 9.17) is 14.2 Å². The van der Waals surface area contributed by atoms with E-state index in [0.29, 0.717) is 18.7 Å². The van der Waals surface area contributed by atoms with Crippen molar-refractivity contribution in [3.8, 4) is 17.2 Å². The van der Waals surface area contributed by atoms with Crippen LogP contribution in [0.15, 0.2) is 36.4 Å². The summed E-state index contributed by atoms with van der Waals surface area (Å²) in [5.41, 5.74) is 2.66. The van der Waals surface area contributed by atoms with Crippen molar-refractivity contribution in [2.45, 2.75) is 32.9 Å². The Hall–Kier alpha value is -2.69. The van der Waals surface area contributed by atoms with Gasteiger partial charge in [0.2, 0.25) is 0 Å². The van der Waals surface area contributed by atoms with Crippen molar-refractivity contribution in [3.05, 3.63) is 53.1 Å². The minimum atomic E-state index is -0.139. The van der Waals surface area contributed by atoms with E-state index in [1.165, 1.54) is 0 Å². The molecule has 0 aliphatic carbocycles. The average Bonchev–Trinajstić information content (AvgIpc) is 2.98. The Bertz CT molecular complexity index is 755. The first-order chi connectivity index (χ1) is 12.1. The van der Waals surface area contributed by atoms with Gasteiger partial charge in [0.15, 0.2) is 0 Å². The fraction of sp³-hybridized carbons (Fsp3) is 0.350. The van der Waals surface area contributed by atoms with Crippen LogP contribution < -0.4 is 19.5 Å². The zero-order valence-corrected chi connectivity index (χ0v) is 14.8. The van der Waals surface area contributed by atoms with Crippen LogP contribution >= 0.6 is 0 Å². The predicted octanol–water partition coefficient (Wildman–Crippen LogP) is 3.35. The molecule has 25 heavy (non-hydrogen) atoms. The smallest absolute Gasteiger partial charge is 0.251 e. The standard InChI is InChI=1S/C20H23NO4/c1-4-24-18-10-15-9-13(2)25-19(15)11-16(18)12-21-20(22)14-5-7-17(23-3)8-6-14/h5-8,10-11,13H,4,9,12H2,1-3H3,(H,21,22). The van der Waals surface area contributed by atoms with Crippen molar-refractivity contribution in [1.82, 2.24) is 5.32 Å². The van der Waals surface area contributed by atoms with Gasteiger partial charge in [-0.25, -0.2) is 0 Å². The van der Waals surface area contributed by atoms with Gasteiger partial charge in [0, 0.05) is 29.7 Å². The first-order valence-electron chi connectivity index (χ1n) is 8.48. The zero-order chi connectivity index (χ0) is 17.8.